The van der Waals surface area contributed by atoms with Gasteiger partial charge in [0.1, 0.15) is 5.54 Å². The van der Waals surface area contributed by atoms with Crippen LogP contribution in [0.1, 0.15) is 36.2 Å². The van der Waals surface area contributed by atoms with E-state index in [0.717, 1.165) is 23.2 Å². The molecule has 3 aromatic rings. The predicted octanol–water partition coefficient (Wildman–Crippen LogP) is 4.73. The van der Waals surface area contributed by atoms with E-state index in [1.165, 1.54) is 10.5 Å². The van der Waals surface area contributed by atoms with Crippen molar-refractivity contribution in [2.75, 3.05) is 4.90 Å². The van der Waals surface area contributed by atoms with E-state index in [4.69, 9.17) is 0 Å². The van der Waals surface area contributed by atoms with Gasteiger partial charge in [-0.2, -0.15) is 0 Å². The van der Waals surface area contributed by atoms with Gasteiger partial charge in [0.25, 0.3) is 5.91 Å². The molecule has 152 valence electrons. The first-order valence-corrected chi connectivity index (χ1v) is 10.1. The maximum Gasteiger partial charge on any atom is 0.332 e. The van der Waals surface area contributed by atoms with Crippen molar-refractivity contribution in [3.05, 3.63) is 95.3 Å². The van der Waals surface area contributed by atoms with E-state index >= 15 is 0 Å². The number of urea groups is 1. The molecule has 1 fully saturated rings. The van der Waals surface area contributed by atoms with Crippen molar-refractivity contribution in [1.29, 1.82) is 0 Å². The van der Waals surface area contributed by atoms with Crippen molar-refractivity contribution in [2.24, 2.45) is 0 Å². The van der Waals surface area contributed by atoms with Gasteiger partial charge in [-0.1, -0.05) is 54.6 Å². The number of carbonyl (C=O) groups is 2. The van der Waals surface area contributed by atoms with Crippen molar-refractivity contribution in [2.45, 2.75) is 39.3 Å². The van der Waals surface area contributed by atoms with Crippen LogP contribution in [0.25, 0.3) is 0 Å². The lowest BCUT2D eigenvalue weighted by Gasteiger charge is -2.28. The van der Waals surface area contributed by atoms with Crippen LogP contribution in [-0.4, -0.2) is 27.4 Å². The molecule has 0 aliphatic carbocycles. The highest BCUT2D eigenvalue weighted by molar-refractivity contribution is 6.22. The first-order chi connectivity index (χ1) is 14.4. The lowest BCUT2D eigenvalue weighted by atomic mass is 9.97. The first-order valence-electron chi connectivity index (χ1n) is 10.1. The summed E-state index contributed by atoms with van der Waals surface area (Å²) in [7, 11) is 0. The van der Waals surface area contributed by atoms with Gasteiger partial charge in [0.05, 0.1) is 11.9 Å². The Bertz CT molecular complexity index is 1080. The highest BCUT2D eigenvalue weighted by Gasteiger charge is 2.51. The van der Waals surface area contributed by atoms with Crippen LogP contribution < -0.4 is 4.90 Å². The molecule has 3 amide bonds. The second-order valence-electron chi connectivity index (χ2n) is 8.16. The van der Waals surface area contributed by atoms with E-state index in [9.17, 15) is 9.59 Å². The highest BCUT2D eigenvalue weighted by Crippen LogP contribution is 2.33. The quantitative estimate of drug-likeness (QED) is 0.583. The highest BCUT2D eigenvalue weighted by atomic mass is 16.2. The monoisotopic (exact) mass is 399 g/mol. The van der Waals surface area contributed by atoms with Gasteiger partial charge in [-0.15, -0.1) is 0 Å². The Hall–Kier alpha value is -3.47. The Balaban J connectivity index is 1.64. The molecule has 2 heterocycles. The standard InChI is InChI=1S/C25H25N3O2/c1-18-13-14-22(16-26-18)28-23(29)25(2,3)27(24(28)30)17-21-12-8-7-11-20(21)15-19-9-5-4-6-10-19/h4-14,16H,15,17H2,1-3H3. The summed E-state index contributed by atoms with van der Waals surface area (Å²) in [6.45, 7) is 5.84. The second kappa shape index (κ2) is 7.75. The van der Waals surface area contributed by atoms with Crippen LogP contribution in [0.3, 0.4) is 0 Å². The minimum Gasteiger partial charge on any atom is -0.305 e. The third-order valence-corrected chi connectivity index (χ3v) is 5.66. The van der Waals surface area contributed by atoms with Crippen molar-refractivity contribution < 1.29 is 9.59 Å². The average molecular weight is 399 g/mol. The van der Waals surface area contributed by atoms with Crippen molar-refractivity contribution in [1.82, 2.24) is 9.88 Å². The van der Waals surface area contributed by atoms with E-state index in [0.29, 0.717) is 12.2 Å². The lowest BCUT2D eigenvalue weighted by molar-refractivity contribution is -0.123. The predicted molar refractivity (Wildman–Crippen MR) is 117 cm³/mol. The zero-order valence-electron chi connectivity index (χ0n) is 17.5. The number of anilines is 1. The molecule has 1 aromatic heterocycles. The van der Waals surface area contributed by atoms with Crippen LogP contribution in [0.5, 0.6) is 0 Å². The Morgan fingerprint density at radius 2 is 1.53 bits per heavy atom. The molecule has 0 bridgehead atoms. The molecule has 0 saturated carbocycles. The number of nitrogens with zero attached hydrogens (tertiary/aromatic N) is 3. The van der Waals surface area contributed by atoms with E-state index in [1.54, 1.807) is 37.1 Å². The van der Waals surface area contributed by atoms with Crippen LogP contribution >= 0.6 is 0 Å². The Morgan fingerprint density at radius 1 is 0.867 bits per heavy atom. The summed E-state index contributed by atoms with van der Waals surface area (Å²) in [6, 6.07) is 21.6. The molecule has 0 radical (unpaired) electrons. The number of hydrogen-bond acceptors (Lipinski definition) is 3. The van der Waals surface area contributed by atoms with Gasteiger partial charge in [-0.05, 0) is 56.0 Å². The van der Waals surface area contributed by atoms with Crippen molar-refractivity contribution in [3.8, 4) is 0 Å². The molecule has 1 saturated heterocycles. The van der Waals surface area contributed by atoms with Crippen molar-refractivity contribution >= 4 is 17.6 Å². The maximum atomic E-state index is 13.3. The number of rotatable bonds is 5. The molecule has 1 aliphatic heterocycles. The summed E-state index contributed by atoms with van der Waals surface area (Å²) < 4.78 is 0. The third kappa shape index (κ3) is 3.59. The minimum absolute atomic E-state index is 0.237. The summed E-state index contributed by atoms with van der Waals surface area (Å²) in [5.41, 5.74) is 3.80. The molecule has 0 atom stereocenters. The second-order valence-corrected chi connectivity index (χ2v) is 8.16. The fraction of sp³-hybridized carbons (Fsp3) is 0.240. The number of amides is 3. The van der Waals surface area contributed by atoms with Crippen LogP contribution in [-0.2, 0) is 17.8 Å². The molecule has 5 heteroatoms. The number of carbonyl (C=O) groups excluding carboxylic acids is 2. The van der Waals surface area contributed by atoms with Gasteiger partial charge in [0, 0.05) is 12.2 Å². The number of imide groups is 1. The molecular weight excluding hydrogens is 374 g/mol. The van der Waals surface area contributed by atoms with Gasteiger partial charge in [0.2, 0.25) is 0 Å². The number of hydrogen-bond donors (Lipinski definition) is 0. The third-order valence-electron chi connectivity index (χ3n) is 5.66. The molecule has 4 rings (SSSR count). The fourth-order valence-corrected chi connectivity index (χ4v) is 3.79. The van der Waals surface area contributed by atoms with Gasteiger partial charge in [-0.3, -0.25) is 9.78 Å². The number of pyridine rings is 1. The molecular formula is C25H25N3O2. The van der Waals surface area contributed by atoms with Gasteiger partial charge in [-0.25, -0.2) is 9.69 Å². The van der Waals surface area contributed by atoms with Crippen LogP contribution in [0.2, 0.25) is 0 Å². The van der Waals surface area contributed by atoms with Crippen LogP contribution in [0.15, 0.2) is 72.9 Å². The summed E-state index contributed by atoms with van der Waals surface area (Å²) in [6.07, 6.45) is 2.35. The van der Waals surface area contributed by atoms with E-state index in [2.05, 4.69) is 23.2 Å². The fourth-order valence-electron chi connectivity index (χ4n) is 3.79. The van der Waals surface area contributed by atoms with Gasteiger partial charge < -0.3 is 4.90 Å². The molecule has 30 heavy (non-hydrogen) atoms. The van der Waals surface area contributed by atoms with Crippen LogP contribution in [0.4, 0.5) is 10.5 Å². The topological polar surface area (TPSA) is 53.5 Å². The van der Waals surface area contributed by atoms with Crippen LogP contribution in [0, 0.1) is 6.92 Å². The zero-order chi connectivity index (χ0) is 21.3. The van der Waals surface area contributed by atoms with E-state index in [-0.39, 0.29) is 11.9 Å². The lowest BCUT2D eigenvalue weighted by Crippen LogP contribution is -2.43. The van der Waals surface area contributed by atoms with E-state index in [1.807, 2.05) is 43.3 Å². The average Bonchev–Trinajstić information content (AvgIpc) is 2.90. The smallest absolute Gasteiger partial charge is 0.305 e. The van der Waals surface area contributed by atoms with Gasteiger partial charge in [0.15, 0.2) is 0 Å². The molecule has 1 aliphatic rings. The number of aryl methyl sites for hydroxylation is 1. The number of benzene rings is 2. The summed E-state index contributed by atoms with van der Waals surface area (Å²) >= 11 is 0. The van der Waals surface area contributed by atoms with E-state index < -0.39 is 5.54 Å². The summed E-state index contributed by atoms with van der Waals surface area (Å²) in [5, 5.41) is 0. The number of aromatic nitrogens is 1. The largest absolute Gasteiger partial charge is 0.332 e. The first kappa shape index (κ1) is 19.8. The molecule has 0 spiro atoms. The normalized spacial score (nSPS) is 15.7. The zero-order valence-corrected chi connectivity index (χ0v) is 17.5. The summed E-state index contributed by atoms with van der Waals surface area (Å²) in [5.74, 6) is -0.237. The SMILES string of the molecule is Cc1ccc(N2C(=O)N(Cc3ccccc3Cc3ccccc3)C(C)(C)C2=O)cn1. The maximum absolute atomic E-state index is 13.3. The minimum atomic E-state index is -0.943. The van der Waals surface area contributed by atoms with Gasteiger partial charge >= 0.3 is 6.03 Å². The molecule has 5 nitrogen and oxygen atoms in total. The Labute approximate surface area is 177 Å². The molecule has 0 unspecified atom stereocenters. The molecule has 2 aromatic carbocycles. The van der Waals surface area contributed by atoms with Crippen molar-refractivity contribution in [3.63, 3.8) is 0 Å². The Morgan fingerprint density at radius 3 is 2.20 bits per heavy atom. The Kier molecular flexibility index (Phi) is 5.12. The summed E-state index contributed by atoms with van der Waals surface area (Å²) in [4.78, 5) is 33.6. The molecule has 0 N–H and O–H groups in total.